The van der Waals surface area contributed by atoms with Crippen LogP contribution in [-0.4, -0.2) is 38.9 Å². The maximum absolute atomic E-state index is 12.6. The molecule has 0 radical (unpaired) electrons. The van der Waals surface area contributed by atoms with Gasteiger partial charge in [0.2, 0.25) is 10.0 Å². The zero-order valence-corrected chi connectivity index (χ0v) is 12.6. The minimum atomic E-state index is -3.49. The number of nitriles is 1. The Morgan fingerprint density at radius 3 is 2.55 bits per heavy atom. The van der Waals surface area contributed by atoms with Gasteiger partial charge in [0.1, 0.15) is 0 Å². The summed E-state index contributed by atoms with van der Waals surface area (Å²) in [5, 5.41) is 12.1. The van der Waals surface area contributed by atoms with Gasteiger partial charge in [0, 0.05) is 13.1 Å². The van der Waals surface area contributed by atoms with Crippen molar-refractivity contribution in [3.63, 3.8) is 0 Å². The summed E-state index contributed by atoms with van der Waals surface area (Å²) in [6, 6.07) is 6.74. The molecule has 0 atom stereocenters. The first kappa shape index (κ1) is 15.0. The highest BCUT2D eigenvalue weighted by Crippen LogP contribution is 2.22. The Morgan fingerprint density at radius 1 is 1.35 bits per heavy atom. The molecule has 0 aromatic heterocycles. The molecule has 0 aliphatic carbocycles. The molecule has 0 unspecified atom stereocenters. The highest BCUT2D eigenvalue weighted by atomic mass is 32.2. The monoisotopic (exact) mass is 293 g/mol. The third-order valence-electron chi connectivity index (χ3n) is 3.82. The Labute approximate surface area is 120 Å². The predicted molar refractivity (Wildman–Crippen MR) is 76.7 cm³/mol. The van der Waals surface area contributed by atoms with Crippen molar-refractivity contribution in [1.82, 2.24) is 9.62 Å². The van der Waals surface area contributed by atoms with Gasteiger partial charge in [-0.2, -0.15) is 9.57 Å². The lowest BCUT2D eigenvalue weighted by Gasteiger charge is -2.30. The minimum absolute atomic E-state index is 0.0391. The van der Waals surface area contributed by atoms with Crippen LogP contribution in [0.4, 0.5) is 0 Å². The quantitative estimate of drug-likeness (QED) is 0.910. The Balaban J connectivity index is 2.30. The van der Waals surface area contributed by atoms with Gasteiger partial charge in [0.15, 0.2) is 0 Å². The molecular weight excluding hydrogens is 274 g/mol. The van der Waals surface area contributed by atoms with Crippen molar-refractivity contribution in [2.75, 3.05) is 20.1 Å². The molecule has 1 heterocycles. The van der Waals surface area contributed by atoms with E-state index in [1.807, 2.05) is 6.07 Å². The lowest BCUT2D eigenvalue weighted by Crippen LogP contribution is -2.43. The van der Waals surface area contributed by atoms with Crippen LogP contribution in [0.1, 0.15) is 24.0 Å². The van der Waals surface area contributed by atoms with E-state index in [4.69, 9.17) is 5.26 Å². The van der Waals surface area contributed by atoms with Crippen LogP contribution in [0.2, 0.25) is 0 Å². The van der Waals surface area contributed by atoms with Gasteiger partial charge in [-0.1, -0.05) is 0 Å². The number of aryl methyl sites for hydroxylation is 1. The molecule has 0 saturated carbocycles. The van der Waals surface area contributed by atoms with Crippen LogP contribution in [0.15, 0.2) is 23.1 Å². The summed E-state index contributed by atoms with van der Waals surface area (Å²) in [6.07, 6.45) is 1.65. The fraction of sp³-hybridized carbons (Fsp3) is 0.500. The maximum Gasteiger partial charge on any atom is 0.243 e. The molecule has 1 aliphatic rings. The summed E-state index contributed by atoms with van der Waals surface area (Å²) in [4.78, 5) is 0.259. The van der Waals surface area contributed by atoms with E-state index in [1.165, 1.54) is 10.4 Å². The summed E-state index contributed by atoms with van der Waals surface area (Å²) in [7, 11) is -1.85. The summed E-state index contributed by atoms with van der Waals surface area (Å²) in [5.74, 6) is 0. The Hall–Kier alpha value is -1.42. The van der Waals surface area contributed by atoms with Crippen LogP contribution in [0, 0.1) is 18.3 Å². The van der Waals surface area contributed by atoms with Crippen LogP contribution in [0.3, 0.4) is 0 Å². The average Bonchev–Trinajstić information content (AvgIpc) is 2.47. The van der Waals surface area contributed by atoms with E-state index in [0.29, 0.717) is 11.1 Å². The predicted octanol–water partition coefficient (Wildman–Crippen LogP) is 1.24. The van der Waals surface area contributed by atoms with E-state index < -0.39 is 10.0 Å². The van der Waals surface area contributed by atoms with Crippen LogP contribution < -0.4 is 5.32 Å². The first-order valence-electron chi connectivity index (χ1n) is 6.66. The van der Waals surface area contributed by atoms with Crippen LogP contribution in [-0.2, 0) is 10.0 Å². The number of nitrogens with one attached hydrogen (secondary N) is 1. The maximum atomic E-state index is 12.6. The molecular formula is C14H19N3O2S. The van der Waals surface area contributed by atoms with Crippen molar-refractivity contribution in [2.45, 2.75) is 30.7 Å². The van der Waals surface area contributed by atoms with Gasteiger partial charge in [-0.15, -0.1) is 0 Å². The summed E-state index contributed by atoms with van der Waals surface area (Å²) in [5.41, 5.74) is 1.20. The topological polar surface area (TPSA) is 73.2 Å². The second-order valence-electron chi connectivity index (χ2n) is 5.09. The van der Waals surface area contributed by atoms with Crippen molar-refractivity contribution in [3.05, 3.63) is 29.3 Å². The highest BCUT2D eigenvalue weighted by molar-refractivity contribution is 7.89. The minimum Gasteiger partial charge on any atom is -0.317 e. The van der Waals surface area contributed by atoms with E-state index in [9.17, 15) is 8.42 Å². The highest BCUT2D eigenvalue weighted by Gasteiger charge is 2.29. The van der Waals surface area contributed by atoms with Gasteiger partial charge < -0.3 is 5.32 Å². The van der Waals surface area contributed by atoms with Gasteiger partial charge >= 0.3 is 0 Å². The molecule has 108 valence electrons. The van der Waals surface area contributed by atoms with Crippen molar-refractivity contribution in [2.24, 2.45) is 0 Å². The van der Waals surface area contributed by atoms with Crippen molar-refractivity contribution < 1.29 is 8.42 Å². The Kier molecular flexibility index (Phi) is 4.43. The fourth-order valence-electron chi connectivity index (χ4n) is 2.45. The van der Waals surface area contributed by atoms with Gasteiger partial charge in [-0.05, 0) is 56.6 Å². The SMILES string of the molecule is Cc1cc(S(=O)(=O)N(C)C2CCNCC2)ccc1C#N. The fourth-order valence-corrected chi connectivity index (χ4v) is 3.96. The van der Waals surface area contributed by atoms with Crippen LogP contribution in [0.5, 0.6) is 0 Å². The molecule has 0 bridgehead atoms. The van der Waals surface area contributed by atoms with E-state index in [1.54, 1.807) is 26.1 Å². The van der Waals surface area contributed by atoms with Crippen molar-refractivity contribution >= 4 is 10.0 Å². The molecule has 1 aliphatic heterocycles. The second kappa shape index (κ2) is 5.92. The normalized spacial score (nSPS) is 17.1. The molecule has 0 amide bonds. The van der Waals surface area contributed by atoms with Crippen LogP contribution in [0.25, 0.3) is 0 Å². The number of piperidine rings is 1. The number of hydrogen-bond donors (Lipinski definition) is 1. The van der Waals surface area contributed by atoms with Gasteiger partial charge in [0.05, 0.1) is 16.5 Å². The third kappa shape index (κ3) is 2.85. The zero-order valence-electron chi connectivity index (χ0n) is 11.8. The number of sulfonamides is 1. The van der Waals surface area contributed by atoms with E-state index in [0.717, 1.165) is 25.9 Å². The smallest absolute Gasteiger partial charge is 0.243 e. The van der Waals surface area contributed by atoms with Crippen molar-refractivity contribution in [1.29, 1.82) is 5.26 Å². The lowest BCUT2D eigenvalue weighted by molar-refractivity contribution is 0.296. The summed E-state index contributed by atoms with van der Waals surface area (Å²) in [6.45, 7) is 3.44. The van der Waals surface area contributed by atoms with E-state index >= 15 is 0 Å². The number of nitrogens with zero attached hydrogens (tertiary/aromatic N) is 2. The van der Waals surface area contributed by atoms with Gasteiger partial charge in [0.25, 0.3) is 0 Å². The molecule has 1 N–H and O–H groups in total. The molecule has 1 saturated heterocycles. The van der Waals surface area contributed by atoms with Gasteiger partial charge in [-0.25, -0.2) is 8.42 Å². The molecule has 2 rings (SSSR count). The Bertz CT molecular complexity index is 628. The average molecular weight is 293 g/mol. The number of benzene rings is 1. The summed E-state index contributed by atoms with van der Waals surface area (Å²) >= 11 is 0. The third-order valence-corrected chi connectivity index (χ3v) is 5.72. The van der Waals surface area contributed by atoms with E-state index in [2.05, 4.69) is 5.32 Å². The first-order chi connectivity index (χ1) is 9.46. The second-order valence-corrected chi connectivity index (χ2v) is 7.09. The molecule has 1 aromatic rings. The molecule has 20 heavy (non-hydrogen) atoms. The molecule has 5 nitrogen and oxygen atoms in total. The lowest BCUT2D eigenvalue weighted by atomic mass is 10.1. The first-order valence-corrected chi connectivity index (χ1v) is 8.10. The van der Waals surface area contributed by atoms with E-state index in [-0.39, 0.29) is 10.9 Å². The van der Waals surface area contributed by atoms with Crippen molar-refractivity contribution in [3.8, 4) is 6.07 Å². The molecule has 0 spiro atoms. The Morgan fingerprint density at radius 2 is 2.00 bits per heavy atom. The number of hydrogen-bond acceptors (Lipinski definition) is 4. The largest absolute Gasteiger partial charge is 0.317 e. The molecule has 1 aromatic carbocycles. The number of rotatable bonds is 3. The molecule has 6 heteroatoms. The van der Waals surface area contributed by atoms with Crippen LogP contribution >= 0.6 is 0 Å². The zero-order chi connectivity index (χ0) is 14.8. The standard InChI is InChI=1S/C14H19N3O2S/c1-11-9-14(4-3-12(11)10-15)20(18,19)17(2)13-5-7-16-8-6-13/h3-4,9,13,16H,5-8H2,1-2H3. The molecule has 1 fully saturated rings. The van der Waals surface area contributed by atoms with Gasteiger partial charge in [-0.3, -0.25) is 0 Å². The summed E-state index contributed by atoms with van der Waals surface area (Å²) < 4.78 is 26.7.